The first-order valence-corrected chi connectivity index (χ1v) is 8.89. The summed E-state index contributed by atoms with van der Waals surface area (Å²) >= 11 is 5.90. The van der Waals surface area contributed by atoms with Crippen LogP contribution < -0.4 is 5.56 Å². The van der Waals surface area contributed by atoms with Crippen molar-refractivity contribution in [1.82, 2.24) is 19.3 Å². The Kier molecular flexibility index (Phi) is 4.28. The minimum absolute atomic E-state index is 0.0445. The Balaban J connectivity index is 1.98. The van der Waals surface area contributed by atoms with Gasteiger partial charge in [-0.15, -0.1) is 0 Å². The summed E-state index contributed by atoms with van der Waals surface area (Å²) in [6.07, 6.45) is 2.02. The molecule has 0 aliphatic carbocycles. The first-order chi connectivity index (χ1) is 13.0. The van der Waals surface area contributed by atoms with Gasteiger partial charge in [0.1, 0.15) is 17.0 Å². The molecule has 0 aliphatic rings. The Hall–Kier alpha value is -2.99. The molecule has 2 heterocycles. The smallest absolute Gasteiger partial charge is 0.268 e. The number of rotatable bonds is 3. The second-order valence-electron chi connectivity index (χ2n) is 6.25. The maximum Gasteiger partial charge on any atom is 0.269 e. The van der Waals surface area contributed by atoms with Gasteiger partial charge in [-0.1, -0.05) is 36.2 Å². The maximum absolute atomic E-state index is 13.5. The highest BCUT2D eigenvalue weighted by molar-refractivity contribution is 6.30. The van der Waals surface area contributed by atoms with Gasteiger partial charge in [0.15, 0.2) is 5.65 Å². The Bertz CT molecular complexity index is 1210. The zero-order valence-corrected chi connectivity index (χ0v) is 15.5. The molecule has 2 aromatic heterocycles. The van der Waals surface area contributed by atoms with Crippen LogP contribution >= 0.6 is 11.6 Å². The summed E-state index contributed by atoms with van der Waals surface area (Å²) in [7, 11) is 0. The monoisotopic (exact) mass is 382 g/mol. The molecule has 0 aliphatic heterocycles. The molecule has 136 valence electrons. The Morgan fingerprint density at radius 1 is 1.11 bits per heavy atom. The minimum atomic E-state index is -0.534. The van der Waals surface area contributed by atoms with Gasteiger partial charge in [-0.2, -0.15) is 5.10 Å². The van der Waals surface area contributed by atoms with Gasteiger partial charge in [0, 0.05) is 6.42 Å². The van der Waals surface area contributed by atoms with Gasteiger partial charge < -0.3 is 0 Å². The first kappa shape index (κ1) is 17.4. The van der Waals surface area contributed by atoms with Crippen molar-refractivity contribution < 1.29 is 4.39 Å². The lowest BCUT2D eigenvalue weighted by molar-refractivity contribution is 0.627. The number of hydrogen-bond donors (Lipinski definition) is 0. The van der Waals surface area contributed by atoms with Gasteiger partial charge in [-0.3, -0.25) is 9.36 Å². The highest BCUT2D eigenvalue weighted by atomic mass is 35.5. The van der Waals surface area contributed by atoms with Gasteiger partial charge >= 0.3 is 0 Å². The molecule has 0 atom stereocenters. The van der Waals surface area contributed by atoms with E-state index in [1.807, 2.05) is 38.1 Å². The highest BCUT2D eigenvalue weighted by Crippen LogP contribution is 2.21. The average Bonchev–Trinajstić information content (AvgIpc) is 3.09. The minimum Gasteiger partial charge on any atom is -0.268 e. The molecule has 0 bridgehead atoms. The van der Waals surface area contributed by atoms with E-state index in [1.54, 1.807) is 4.68 Å². The standard InChI is InChI=1S/C20H16ClFN4O/c1-3-18-24-19-15(11-23-26(19)13-6-4-12(2)5-7-13)20(27)25(18)14-8-9-17(22)16(21)10-14/h4-11H,3H2,1-2H3. The molecule has 0 radical (unpaired) electrons. The molecule has 0 spiro atoms. The van der Waals surface area contributed by atoms with Crippen LogP contribution in [0.1, 0.15) is 18.3 Å². The first-order valence-electron chi connectivity index (χ1n) is 8.51. The lowest BCUT2D eigenvalue weighted by atomic mass is 10.2. The predicted molar refractivity (Wildman–Crippen MR) is 104 cm³/mol. The van der Waals surface area contributed by atoms with Crippen LogP contribution in [0, 0.1) is 12.7 Å². The van der Waals surface area contributed by atoms with Crippen molar-refractivity contribution in [3.05, 3.63) is 81.2 Å². The molecule has 0 saturated carbocycles. The molecule has 0 unspecified atom stereocenters. The number of benzene rings is 2. The summed E-state index contributed by atoms with van der Waals surface area (Å²) < 4.78 is 16.6. The van der Waals surface area contributed by atoms with Crippen LogP contribution in [0.5, 0.6) is 0 Å². The molecular formula is C20H16ClFN4O. The summed E-state index contributed by atoms with van der Waals surface area (Å²) in [6, 6.07) is 12.0. The highest BCUT2D eigenvalue weighted by Gasteiger charge is 2.17. The van der Waals surface area contributed by atoms with Crippen molar-refractivity contribution in [2.24, 2.45) is 0 Å². The van der Waals surface area contributed by atoms with Crippen LogP contribution in [0.2, 0.25) is 5.02 Å². The summed E-state index contributed by atoms with van der Waals surface area (Å²) in [5.74, 6) is 0.0109. The van der Waals surface area contributed by atoms with Crippen LogP contribution in [-0.2, 0) is 6.42 Å². The summed E-state index contributed by atoms with van der Waals surface area (Å²) in [6.45, 7) is 3.91. The van der Waals surface area contributed by atoms with E-state index in [9.17, 15) is 9.18 Å². The van der Waals surface area contributed by atoms with Crippen molar-refractivity contribution in [2.75, 3.05) is 0 Å². The van der Waals surface area contributed by atoms with Crippen molar-refractivity contribution >= 4 is 22.6 Å². The number of nitrogens with zero attached hydrogens (tertiary/aromatic N) is 4. The van der Waals surface area contributed by atoms with E-state index in [2.05, 4.69) is 10.1 Å². The number of hydrogen-bond acceptors (Lipinski definition) is 3. The van der Waals surface area contributed by atoms with Gasteiger partial charge in [0.25, 0.3) is 5.56 Å². The van der Waals surface area contributed by atoms with Crippen LogP contribution in [0.15, 0.2) is 53.5 Å². The normalized spacial score (nSPS) is 11.3. The van der Waals surface area contributed by atoms with Gasteiger partial charge in [-0.05, 0) is 37.3 Å². The SMILES string of the molecule is CCc1nc2c(cnn2-c2ccc(C)cc2)c(=O)n1-c1ccc(F)c(Cl)c1. The lowest BCUT2D eigenvalue weighted by Gasteiger charge is -2.12. The number of aryl methyl sites for hydroxylation is 2. The van der Waals surface area contributed by atoms with Gasteiger partial charge in [0.05, 0.1) is 22.6 Å². The molecule has 0 fully saturated rings. The van der Waals surface area contributed by atoms with Crippen LogP contribution in [0.4, 0.5) is 4.39 Å². The number of fused-ring (bicyclic) bond motifs is 1. The third-order valence-corrected chi connectivity index (χ3v) is 4.72. The van der Waals surface area contributed by atoms with Crippen molar-refractivity contribution in [3.63, 3.8) is 0 Å². The van der Waals surface area contributed by atoms with E-state index < -0.39 is 5.82 Å². The van der Waals surface area contributed by atoms with Crippen LogP contribution in [0.3, 0.4) is 0 Å². The Morgan fingerprint density at radius 2 is 1.81 bits per heavy atom. The van der Waals surface area contributed by atoms with E-state index in [0.29, 0.717) is 29.0 Å². The fraction of sp³-hybridized carbons (Fsp3) is 0.150. The molecular weight excluding hydrogens is 367 g/mol. The molecule has 0 saturated heterocycles. The van der Waals surface area contributed by atoms with Crippen molar-refractivity contribution in [2.45, 2.75) is 20.3 Å². The zero-order valence-electron chi connectivity index (χ0n) is 14.8. The number of aromatic nitrogens is 4. The average molecular weight is 383 g/mol. The summed E-state index contributed by atoms with van der Waals surface area (Å²) in [5.41, 5.74) is 2.66. The third kappa shape index (κ3) is 2.92. The lowest BCUT2D eigenvalue weighted by Crippen LogP contribution is -2.23. The molecule has 0 N–H and O–H groups in total. The van der Waals surface area contributed by atoms with Gasteiger partial charge in [-0.25, -0.2) is 14.1 Å². The molecule has 27 heavy (non-hydrogen) atoms. The predicted octanol–water partition coefficient (Wildman–Crippen LogP) is 4.23. The van der Waals surface area contributed by atoms with Gasteiger partial charge in [0.2, 0.25) is 0 Å². The number of halogens is 2. The molecule has 4 rings (SSSR count). The third-order valence-electron chi connectivity index (χ3n) is 4.43. The zero-order chi connectivity index (χ0) is 19.1. The van der Waals surface area contributed by atoms with E-state index in [0.717, 1.165) is 11.3 Å². The van der Waals surface area contributed by atoms with Crippen LogP contribution in [0.25, 0.3) is 22.4 Å². The summed E-state index contributed by atoms with van der Waals surface area (Å²) in [4.78, 5) is 17.8. The fourth-order valence-corrected chi connectivity index (χ4v) is 3.19. The molecule has 7 heteroatoms. The summed E-state index contributed by atoms with van der Waals surface area (Å²) in [5, 5.41) is 4.69. The molecule has 2 aromatic carbocycles. The van der Waals surface area contributed by atoms with Crippen LogP contribution in [-0.4, -0.2) is 19.3 Å². The second kappa shape index (κ2) is 6.63. The maximum atomic E-state index is 13.5. The molecule has 4 aromatic rings. The quantitative estimate of drug-likeness (QED) is 0.532. The molecule has 5 nitrogen and oxygen atoms in total. The Morgan fingerprint density at radius 3 is 2.48 bits per heavy atom. The van der Waals surface area contributed by atoms with Crippen molar-refractivity contribution in [1.29, 1.82) is 0 Å². The fourth-order valence-electron chi connectivity index (χ4n) is 3.01. The van der Waals surface area contributed by atoms with E-state index in [4.69, 9.17) is 11.6 Å². The largest absolute Gasteiger partial charge is 0.269 e. The molecule has 0 amide bonds. The van der Waals surface area contributed by atoms with E-state index >= 15 is 0 Å². The Labute approximate surface area is 159 Å². The second-order valence-corrected chi connectivity index (χ2v) is 6.66. The van der Waals surface area contributed by atoms with Crippen molar-refractivity contribution in [3.8, 4) is 11.4 Å². The van der Waals surface area contributed by atoms with E-state index in [-0.39, 0.29) is 10.6 Å². The topological polar surface area (TPSA) is 52.7 Å². The van der Waals surface area contributed by atoms with E-state index in [1.165, 1.54) is 29.0 Å².